The lowest BCUT2D eigenvalue weighted by atomic mass is 10.2. The quantitative estimate of drug-likeness (QED) is 0.639. The highest BCUT2D eigenvalue weighted by Crippen LogP contribution is 2.26. The molecule has 2 aromatic rings. The van der Waals surface area contributed by atoms with Gasteiger partial charge >= 0.3 is 0 Å². The van der Waals surface area contributed by atoms with Gasteiger partial charge in [0, 0.05) is 5.56 Å². The first-order valence-electron chi connectivity index (χ1n) is 7.29. The molecule has 0 amide bonds. The number of allylic oxidation sites excluding steroid dienone is 1. The van der Waals surface area contributed by atoms with Gasteiger partial charge in [-0.3, -0.25) is 9.59 Å². The normalized spacial score (nSPS) is 9.88. The summed E-state index contributed by atoms with van der Waals surface area (Å²) in [5, 5.41) is 18.4. The Balaban J connectivity index is 0.000000257. The van der Waals surface area contributed by atoms with Crippen molar-refractivity contribution in [3.63, 3.8) is 0 Å². The van der Waals surface area contributed by atoms with Crippen LogP contribution in [-0.4, -0.2) is 36.5 Å². The van der Waals surface area contributed by atoms with Crippen LogP contribution in [0.5, 0.6) is 23.0 Å². The van der Waals surface area contributed by atoms with Crippen LogP contribution in [0.1, 0.15) is 22.8 Å². The fourth-order valence-corrected chi connectivity index (χ4v) is 1.78. The minimum atomic E-state index is -0.0166. The smallest absolute Gasteiger partial charge is 0.161 e. The van der Waals surface area contributed by atoms with Gasteiger partial charge in [0.05, 0.1) is 14.2 Å². The Hall–Kier alpha value is -3.28. The third-order valence-electron chi connectivity index (χ3n) is 3.05. The number of hydrogen-bond donors (Lipinski definition) is 2. The highest BCUT2D eigenvalue weighted by molar-refractivity contribution is 5.91. The first kappa shape index (κ1) is 19.8. The van der Waals surface area contributed by atoms with E-state index in [9.17, 15) is 14.7 Å². The fraction of sp³-hybridized carbons (Fsp3) is 0.158. The zero-order chi connectivity index (χ0) is 18.8. The molecule has 0 aliphatic heterocycles. The van der Waals surface area contributed by atoms with Crippen molar-refractivity contribution >= 4 is 18.1 Å². The largest absolute Gasteiger partial charge is 0.504 e. The van der Waals surface area contributed by atoms with E-state index < -0.39 is 0 Å². The maximum atomic E-state index is 10.7. The average molecular weight is 344 g/mol. The van der Waals surface area contributed by atoms with Gasteiger partial charge < -0.3 is 19.7 Å². The number of hydrogen-bond acceptors (Lipinski definition) is 6. The van der Waals surface area contributed by atoms with E-state index in [2.05, 4.69) is 0 Å². The van der Waals surface area contributed by atoms with Crippen LogP contribution in [0, 0.1) is 0 Å². The summed E-state index contributed by atoms with van der Waals surface area (Å²) in [5.41, 5.74) is 1.30. The Bertz CT molecular complexity index is 765. The molecule has 2 N–H and O–H groups in total. The van der Waals surface area contributed by atoms with Gasteiger partial charge in [-0.15, -0.1) is 0 Å². The number of aldehydes is 1. The van der Waals surface area contributed by atoms with Gasteiger partial charge in [-0.2, -0.15) is 0 Å². The molecule has 0 heterocycles. The summed E-state index contributed by atoms with van der Waals surface area (Å²) in [5.74, 6) is 0.827. The van der Waals surface area contributed by atoms with Crippen LogP contribution >= 0.6 is 0 Å². The van der Waals surface area contributed by atoms with Crippen molar-refractivity contribution in [2.75, 3.05) is 14.2 Å². The number of phenols is 2. The van der Waals surface area contributed by atoms with Gasteiger partial charge in [-0.1, -0.05) is 12.1 Å². The summed E-state index contributed by atoms with van der Waals surface area (Å²) in [7, 11) is 2.91. The summed E-state index contributed by atoms with van der Waals surface area (Å²) < 4.78 is 9.70. The zero-order valence-electron chi connectivity index (χ0n) is 14.2. The van der Waals surface area contributed by atoms with Crippen LogP contribution in [0.4, 0.5) is 0 Å². The van der Waals surface area contributed by atoms with Crippen molar-refractivity contribution in [1.29, 1.82) is 0 Å². The van der Waals surface area contributed by atoms with Gasteiger partial charge in [-0.05, 0) is 48.9 Å². The predicted molar refractivity (Wildman–Crippen MR) is 94.4 cm³/mol. The van der Waals surface area contributed by atoms with Crippen LogP contribution in [0.2, 0.25) is 0 Å². The second-order valence-electron chi connectivity index (χ2n) is 4.92. The van der Waals surface area contributed by atoms with Crippen LogP contribution < -0.4 is 9.47 Å². The molecule has 6 nitrogen and oxygen atoms in total. The highest BCUT2D eigenvalue weighted by Gasteiger charge is 2.01. The Kier molecular flexibility index (Phi) is 7.72. The number of carbonyl (C=O) groups is 2. The molecule has 0 atom stereocenters. The standard InChI is InChI=1S/C11H12O3.C8H8O3/c1-8(12)3-4-9-5-6-10(13)11(7-9)14-2;1-11-8-4-6(5-9)2-3-7(8)10/h3-7,13H,1-2H3;2-5,10H,1H3/b4-3+;. The monoisotopic (exact) mass is 344 g/mol. The molecule has 25 heavy (non-hydrogen) atoms. The number of ketones is 1. The molecule has 0 aliphatic rings. The maximum Gasteiger partial charge on any atom is 0.161 e. The molecule has 0 saturated carbocycles. The van der Waals surface area contributed by atoms with E-state index in [1.165, 1.54) is 51.5 Å². The molecule has 0 radical (unpaired) electrons. The van der Waals surface area contributed by atoms with E-state index in [1.807, 2.05) is 0 Å². The van der Waals surface area contributed by atoms with E-state index in [0.717, 1.165) is 5.56 Å². The SMILES string of the molecule is COc1cc(/C=C/C(C)=O)ccc1O.COc1cc(C=O)ccc1O. The van der Waals surface area contributed by atoms with Crippen molar-refractivity contribution < 1.29 is 29.3 Å². The minimum Gasteiger partial charge on any atom is -0.504 e. The molecule has 0 aromatic heterocycles. The molecule has 132 valence electrons. The van der Waals surface area contributed by atoms with Gasteiger partial charge in [0.1, 0.15) is 6.29 Å². The Labute approximate surface area is 145 Å². The van der Waals surface area contributed by atoms with Gasteiger partial charge in [0.15, 0.2) is 28.8 Å². The summed E-state index contributed by atoms with van der Waals surface area (Å²) in [4.78, 5) is 20.9. The second-order valence-corrected chi connectivity index (χ2v) is 4.92. The minimum absolute atomic E-state index is 0.0166. The maximum absolute atomic E-state index is 10.7. The van der Waals surface area contributed by atoms with E-state index in [0.29, 0.717) is 23.3 Å². The Morgan fingerprint density at radius 1 is 0.920 bits per heavy atom. The Morgan fingerprint density at radius 3 is 1.84 bits per heavy atom. The van der Waals surface area contributed by atoms with E-state index in [1.54, 1.807) is 18.2 Å². The lowest BCUT2D eigenvalue weighted by Crippen LogP contribution is -1.85. The molecule has 2 rings (SSSR count). The number of ether oxygens (including phenoxy) is 2. The highest BCUT2D eigenvalue weighted by atomic mass is 16.5. The zero-order valence-corrected chi connectivity index (χ0v) is 14.2. The number of benzene rings is 2. The third kappa shape index (κ3) is 6.39. The molecular formula is C19H20O6. The second kappa shape index (κ2) is 9.77. The molecule has 0 fully saturated rings. The molecule has 0 unspecified atom stereocenters. The number of rotatable bonds is 5. The van der Waals surface area contributed by atoms with Crippen LogP contribution in [0.3, 0.4) is 0 Å². The molecule has 0 bridgehead atoms. The van der Waals surface area contributed by atoms with Crippen molar-refractivity contribution in [3.05, 3.63) is 53.6 Å². The molecule has 6 heteroatoms. The lowest BCUT2D eigenvalue weighted by Gasteiger charge is -2.03. The summed E-state index contributed by atoms with van der Waals surface area (Å²) in [6.45, 7) is 1.48. The molecule has 0 spiro atoms. The first-order chi connectivity index (χ1) is 11.9. The summed E-state index contributed by atoms with van der Waals surface area (Å²) in [6.07, 6.45) is 3.83. The van der Waals surface area contributed by atoms with Gasteiger partial charge in [0.25, 0.3) is 0 Å². The Morgan fingerprint density at radius 2 is 1.40 bits per heavy atom. The predicted octanol–water partition coefficient (Wildman–Crippen LogP) is 3.22. The van der Waals surface area contributed by atoms with Crippen LogP contribution in [-0.2, 0) is 4.79 Å². The van der Waals surface area contributed by atoms with Crippen LogP contribution in [0.15, 0.2) is 42.5 Å². The number of aromatic hydroxyl groups is 2. The molecule has 0 aliphatic carbocycles. The third-order valence-corrected chi connectivity index (χ3v) is 3.05. The van der Waals surface area contributed by atoms with Gasteiger partial charge in [0.2, 0.25) is 0 Å². The number of methoxy groups -OCH3 is 2. The van der Waals surface area contributed by atoms with E-state index >= 15 is 0 Å². The van der Waals surface area contributed by atoms with Gasteiger partial charge in [-0.25, -0.2) is 0 Å². The van der Waals surface area contributed by atoms with Crippen molar-refractivity contribution in [1.82, 2.24) is 0 Å². The van der Waals surface area contributed by atoms with Crippen LogP contribution in [0.25, 0.3) is 6.08 Å². The molecule has 0 saturated heterocycles. The topological polar surface area (TPSA) is 93.1 Å². The van der Waals surface area contributed by atoms with Crippen molar-refractivity contribution in [3.8, 4) is 23.0 Å². The van der Waals surface area contributed by atoms with Crippen molar-refractivity contribution in [2.24, 2.45) is 0 Å². The lowest BCUT2D eigenvalue weighted by molar-refractivity contribution is -0.112. The van der Waals surface area contributed by atoms with E-state index in [4.69, 9.17) is 14.6 Å². The average Bonchev–Trinajstić information content (AvgIpc) is 2.62. The molecular weight excluding hydrogens is 324 g/mol. The fourth-order valence-electron chi connectivity index (χ4n) is 1.78. The summed E-state index contributed by atoms with van der Waals surface area (Å²) >= 11 is 0. The summed E-state index contributed by atoms with van der Waals surface area (Å²) in [6, 6.07) is 9.31. The number of phenolic OH excluding ortho intramolecular Hbond substituents is 2. The van der Waals surface area contributed by atoms with E-state index in [-0.39, 0.29) is 17.3 Å². The first-order valence-corrected chi connectivity index (χ1v) is 7.29. The van der Waals surface area contributed by atoms with Crippen molar-refractivity contribution in [2.45, 2.75) is 6.92 Å². The number of carbonyl (C=O) groups excluding carboxylic acids is 2. The molecule has 2 aromatic carbocycles.